The van der Waals surface area contributed by atoms with Crippen LogP contribution in [-0.2, 0) is 0 Å². The lowest BCUT2D eigenvalue weighted by Gasteiger charge is -2.23. The molecule has 0 unspecified atom stereocenters. The average molecular weight is 258 g/mol. The molecule has 0 aromatic carbocycles. The summed E-state index contributed by atoms with van der Waals surface area (Å²) < 4.78 is 1.95. The monoisotopic (exact) mass is 258 g/mol. The summed E-state index contributed by atoms with van der Waals surface area (Å²) in [6, 6.07) is 0.517. The van der Waals surface area contributed by atoms with Crippen molar-refractivity contribution in [3.63, 3.8) is 0 Å². The largest absolute Gasteiger partial charge is 0.375 e. The quantitative estimate of drug-likeness (QED) is 0.292. The predicted octanol–water partition coefficient (Wildman–Crippen LogP) is 3.73. The lowest BCUT2D eigenvalue weighted by atomic mass is 10.3. The van der Waals surface area contributed by atoms with Gasteiger partial charge in [0, 0.05) is 36.3 Å². The minimum atomic E-state index is 0.517. The van der Waals surface area contributed by atoms with Gasteiger partial charge in [-0.05, 0) is 26.5 Å². The summed E-state index contributed by atoms with van der Waals surface area (Å²) in [6.45, 7) is 13.7. The summed E-state index contributed by atoms with van der Waals surface area (Å²) in [5, 5.41) is 0. The Morgan fingerprint density at radius 1 is 1.25 bits per heavy atom. The van der Waals surface area contributed by atoms with Gasteiger partial charge in [0.2, 0.25) is 0 Å². The van der Waals surface area contributed by atoms with Crippen molar-refractivity contribution in [2.75, 3.05) is 13.1 Å². The summed E-state index contributed by atoms with van der Waals surface area (Å²) in [6.07, 6.45) is 9.02. The Hall–Kier alpha value is -0.480. The molecule has 0 rings (SSSR count). The number of nitrogens with zero attached hydrogens (tertiary/aromatic N) is 2. The van der Waals surface area contributed by atoms with Gasteiger partial charge in [-0.3, -0.25) is 0 Å². The second-order valence-electron chi connectivity index (χ2n) is 3.64. The zero-order chi connectivity index (χ0) is 12.4. The van der Waals surface area contributed by atoms with Crippen molar-refractivity contribution in [1.82, 2.24) is 9.21 Å². The van der Waals surface area contributed by atoms with Crippen LogP contribution < -0.4 is 0 Å². The van der Waals surface area contributed by atoms with Gasteiger partial charge in [-0.25, -0.2) is 0 Å². The van der Waals surface area contributed by atoms with E-state index in [2.05, 4.69) is 55.7 Å². The molecule has 0 N–H and O–H groups in total. The highest BCUT2D eigenvalue weighted by Crippen LogP contribution is 2.13. The number of hydrogen-bond acceptors (Lipinski definition) is 4. The maximum atomic E-state index is 4.11. The molecule has 0 amide bonds. The van der Waals surface area contributed by atoms with E-state index in [-0.39, 0.29) is 0 Å². The molecule has 0 fully saturated rings. The third kappa shape index (κ3) is 6.90. The highest BCUT2D eigenvalue weighted by molar-refractivity contribution is 8.67. The molecule has 0 saturated heterocycles. The van der Waals surface area contributed by atoms with E-state index in [1.165, 1.54) is 11.0 Å². The molecule has 0 heterocycles. The Kier molecular flexibility index (Phi) is 9.43. The Balaban J connectivity index is 3.75. The molecule has 0 radical (unpaired) electrons. The van der Waals surface area contributed by atoms with Gasteiger partial charge in [0.1, 0.15) is 0 Å². The molecular formula is C12H22N2S2. The van der Waals surface area contributed by atoms with Crippen molar-refractivity contribution in [3.05, 3.63) is 37.7 Å². The van der Waals surface area contributed by atoms with Crippen LogP contribution in [0.25, 0.3) is 0 Å². The maximum absolute atomic E-state index is 4.11. The molecule has 0 saturated carbocycles. The van der Waals surface area contributed by atoms with E-state index in [0.717, 1.165) is 19.5 Å². The van der Waals surface area contributed by atoms with Crippen LogP contribution in [0.1, 0.15) is 20.3 Å². The van der Waals surface area contributed by atoms with Gasteiger partial charge >= 0.3 is 0 Å². The molecule has 4 heteroatoms. The van der Waals surface area contributed by atoms with Gasteiger partial charge in [-0.15, -0.1) is 0 Å². The minimum Gasteiger partial charge on any atom is -0.375 e. The lowest BCUT2D eigenvalue weighted by molar-refractivity contribution is 0.317. The van der Waals surface area contributed by atoms with Gasteiger partial charge < -0.3 is 9.21 Å². The zero-order valence-electron chi connectivity index (χ0n) is 10.2. The van der Waals surface area contributed by atoms with Crippen LogP contribution in [0.2, 0.25) is 0 Å². The maximum Gasteiger partial charge on any atom is 0.0477 e. The van der Waals surface area contributed by atoms with Crippen LogP contribution in [-0.4, -0.2) is 28.3 Å². The summed E-state index contributed by atoms with van der Waals surface area (Å²) in [4.78, 5) is 2.23. The Labute approximate surface area is 109 Å². The number of hydrogen-bond donors (Lipinski definition) is 1. The third-order valence-electron chi connectivity index (χ3n) is 2.21. The topological polar surface area (TPSA) is 6.48 Å². The Morgan fingerprint density at radius 2 is 1.94 bits per heavy atom. The average Bonchev–Trinajstić information content (AvgIpc) is 2.28. The van der Waals surface area contributed by atoms with Crippen molar-refractivity contribution in [2.45, 2.75) is 26.3 Å². The summed E-state index contributed by atoms with van der Waals surface area (Å²) >= 11 is 4.11. The van der Waals surface area contributed by atoms with Crippen LogP contribution in [0.4, 0.5) is 0 Å². The molecule has 2 nitrogen and oxygen atoms in total. The molecule has 92 valence electrons. The zero-order valence-corrected chi connectivity index (χ0v) is 11.9. The fraction of sp³-hybridized carbons (Fsp3) is 0.500. The fourth-order valence-electron chi connectivity index (χ4n) is 1.22. The van der Waals surface area contributed by atoms with Crippen molar-refractivity contribution in [1.29, 1.82) is 0 Å². The lowest BCUT2D eigenvalue weighted by Crippen LogP contribution is -2.25. The van der Waals surface area contributed by atoms with Gasteiger partial charge in [0.05, 0.1) is 0 Å². The van der Waals surface area contributed by atoms with E-state index >= 15 is 0 Å². The Morgan fingerprint density at radius 3 is 2.38 bits per heavy atom. The third-order valence-corrected chi connectivity index (χ3v) is 3.35. The van der Waals surface area contributed by atoms with Gasteiger partial charge in [-0.2, -0.15) is 0 Å². The van der Waals surface area contributed by atoms with Gasteiger partial charge in [-0.1, -0.05) is 37.0 Å². The van der Waals surface area contributed by atoms with Crippen molar-refractivity contribution >= 4 is 22.6 Å². The molecule has 0 aromatic heterocycles. The van der Waals surface area contributed by atoms with Gasteiger partial charge in [0.25, 0.3) is 0 Å². The fourth-order valence-corrected chi connectivity index (χ4v) is 1.84. The summed E-state index contributed by atoms with van der Waals surface area (Å²) in [5.74, 6) is 0. The van der Waals surface area contributed by atoms with Crippen LogP contribution in [0.15, 0.2) is 37.7 Å². The number of rotatable bonds is 9. The molecule has 0 aliphatic heterocycles. The molecular weight excluding hydrogens is 236 g/mol. The van der Waals surface area contributed by atoms with E-state index in [1.54, 1.807) is 6.20 Å². The standard InChI is InChI=1S/C12H22N2S2/c1-5-13(12(3)4)10-8-7-9-11-14(6-2)16-15/h5-7,9,12,15H,1-2,8,10-11H2,3-4H3/b9-7-. The molecule has 0 aliphatic carbocycles. The highest BCUT2D eigenvalue weighted by Gasteiger charge is 2.00. The van der Waals surface area contributed by atoms with Crippen molar-refractivity contribution in [3.8, 4) is 0 Å². The number of thiol groups is 1. The van der Waals surface area contributed by atoms with Crippen molar-refractivity contribution < 1.29 is 0 Å². The summed E-state index contributed by atoms with van der Waals surface area (Å²) in [5.41, 5.74) is 0. The first-order valence-corrected chi connectivity index (χ1v) is 7.22. The van der Waals surface area contributed by atoms with Gasteiger partial charge in [0.15, 0.2) is 0 Å². The van der Waals surface area contributed by atoms with E-state index < -0.39 is 0 Å². The van der Waals surface area contributed by atoms with Crippen LogP contribution in [0, 0.1) is 0 Å². The summed E-state index contributed by atoms with van der Waals surface area (Å²) in [7, 11) is 1.38. The van der Waals surface area contributed by atoms with Crippen molar-refractivity contribution in [2.24, 2.45) is 0 Å². The van der Waals surface area contributed by atoms with Crippen LogP contribution >= 0.6 is 22.6 Å². The van der Waals surface area contributed by atoms with E-state index in [1.807, 2.05) is 10.5 Å². The first kappa shape index (κ1) is 15.5. The highest BCUT2D eigenvalue weighted by atomic mass is 33.1. The molecule has 0 aliphatic rings. The second kappa shape index (κ2) is 9.73. The first-order chi connectivity index (χ1) is 7.65. The SMILES string of the molecule is C=CN(C/C=C\CCN(C=C)C(C)C)SS. The smallest absolute Gasteiger partial charge is 0.0477 e. The molecule has 0 bridgehead atoms. The van der Waals surface area contributed by atoms with Crippen LogP contribution in [0.3, 0.4) is 0 Å². The second-order valence-corrected chi connectivity index (χ2v) is 4.76. The first-order valence-electron chi connectivity index (χ1n) is 5.39. The van der Waals surface area contributed by atoms with E-state index in [9.17, 15) is 0 Å². The predicted molar refractivity (Wildman–Crippen MR) is 79.3 cm³/mol. The molecule has 0 atom stereocenters. The van der Waals surface area contributed by atoms with E-state index in [0.29, 0.717) is 6.04 Å². The van der Waals surface area contributed by atoms with E-state index in [4.69, 9.17) is 0 Å². The molecule has 0 aromatic rings. The Bertz CT molecular complexity index is 227. The molecule has 0 spiro atoms. The molecule has 16 heavy (non-hydrogen) atoms. The minimum absolute atomic E-state index is 0.517. The van der Waals surface area contributed by atoms with Crippen LogP contribution in [0.5, 0.6) is 0 Å². The normalized spacial score (nSPS) is 10.8.